The first-order chi connectivity index (χ1) is 13.4. The second-order valence-corrected chi connectivity index (χ2v) is 7.85. The predicted molar refractivity (Wildman–Crippen MR) is 110 cm³/mol. The molecule has 0 unspecified atom stereocenters. The van der Waals surface area contributed by atoms with Crippen LogP contribution in [-0.4, -0.2) is 58.7 Å². The van der Waals surface area contributed by atoms with Crippen molar-refractivity contribution in [2.45, 2.75) is 26.2 Å². The number of benzene rings is 1. The molecule has 6 nitrogen and oxygen atoms in total. The topological polar surface area (TPSA) is 58.4 Å². The summed E-state index contributed by atoms with van der Waals surface area (Å²) in [6.45, 7) is 6.08. The van der Waals surface area contributed by atoms with Gasteiger partial charge in [0.1, 0.15) is 5.69 Å². The fourth-order valence-corrected chi connectivity index (χ4v) is 3.95. The SMILES string of the molecule is Cc1ccccc1CCN1CCC[C@@H](CN(C)C(=O)c2ccc(=O)n(C)n2)C1. The summed E-state index contributed by atoms with van der Waals surface area (Å²) < 4.78 is 1.20. The van der Waals surface area contributed by atoms with Gasteiger partial charge in [-0.25, -0.2) is 4.68 Å². The molecule has 1 aromatic heterocycles. The van der Waals surface area contributed by atoms with Gasteiger partial charge < -0.3 is 9.80 Å². The largest absolute Gasteiger partial charge is 0.340 e. The van der Waals surface area contributed by atoms with Crippen LogP contribution in [0.3, 0.4) is 0 Å². The van der Waals surface area contributed by atoms with E-state index in [2.05, 4.69) is 41.2 Å². The van der Waals surface area contributed by atoms with Crippen LogP contribution >= 0.6 is 0 Å². The van der Waals surface area contributed by atoms with Crippen LogP contribution in [0.15, 0.2) is 41.2 Å². The number of carbonyl (C=O) groups excluding carboxylic acids is 1. The molecule has 1 aliphatic heterocycles. The van der Waals surface area contributed by atoms with Gasteiger partial charge in [0.25, 0.3) is 11.5 Å². The van der Waals surface area contributed by atoms with Gasteiger partial charge in [0.15, 0.2) is 0 Å². The molecule has 0 aliphatic carbocycles. The summed E-state index contributed by atoms with van der Waals surface area (Å²) in [5.41, 5.74) is 2.87. The van der Waals surface area contributed by atoms with E-state index in [0.29, 0.717) is 18.2 Å². The lowest BCUT2D eigenvalue weighted by atomic mass is 9.96. The summed E-state index contributed by atoms with van der Waals surface area (Å²) in [4.78, 5) is 28.4. The average Bonchev–Trinajstić information content (AvgIpc) is 2.69. The molecule has 0 spiro atoms. The van der Waals surface area contributed by atoms with E-state index in [1.54, 1.807) is 11.9 Å². The Balaban J connectivity index is 1.53. The third kappa shape index (κ3) is 5.07. The van der Waals surface area contributed by atoms with Gasteiger partial charge in [0, 0.05) is 39.8 Å². The van der Waals surface area contributed by atoms with Crippen molar-refractivity contribution in [1.82, 2.24) is 19.6 Å². The minimum absolute atomic E-state index is 0.132. The molecule has 2 aromatic rings. The van der Waals surface area contributed by atoms with Crippen LogP contribution < -0.4 is 5.56 Å². The molecule has 1 saturated heterocycles. The Hall–Kier alpha value is -2.47. The summed E-state index contributed by atoms with van der Waals surface area (Å²) in [7, 11) is 3.38. The van der Waals surface area contributed by atoms with E-state index in [-0.39, 0.29) is 11.5 Å². The standard InChI is InChI=1S/C22H30N4O2/c1-17-7-4-5-9-19(17)12-14-26-13-6-8-18(16-26)15-24(2)22(28)20-10-11-21(27)25(3)23-20/h4-5,7,9-11,18H,6,8,12-16H2,1-3H3/t18-/m0/s1. The summed E-state index contributed by atoms with van der Waals surface area (Å²) in [6.07, 6.45) is 3.37. The lowest BCUT2D eigenvalue weighted by Crippen LogP contribution is -2.42. The molecular weight excluding hydrogens is 352 g/mol. The van der Waals surface area contributed by atoms with Crippen LogP contribution in [0.4, 0.5) is 0 Å². The number of hydrogen-bond donors (Lipinski definition) is 0. The molecule has 1 fully saturated rings. The van der Waals surface area contributed by atoms with Crippen molar-refractivity contribution in [3.63, 3.8) is 0 Å². The number of amides is 1. The van der Waals surface area contributed by atoms with Crippen molar-refractivity contribution in [3.05, 3.63) is 63.6 Å². The lowest BCUT2D eigenvalue weighted by Gasteiger charge is -2.34. The van der Waals surface area contributed by atoms with Gasteiger partial charge in [-0.3, -0.25) is 9.59 Å². The third-order valence-corrected chi connectivity index (χ3v) is 5.62. The van der Waals surface area contributed by atoms with Gasteiger partial charge in [-0.05, 0) is 55.8 Å². The smallest absolute Gasteiger partial charge is 0.274 e. The Morgan fingerprint density at radius 2 is 2.04 bits per heavy atom. The number of piperidine rings is 1. The normalized spacial score (nSPS) is 17.5. The van der Waals surface area contributed by atoms with Crippen LogP contribution in [-0.2, 0) is 13.5 Å². The van der Waals surface area contributed by atoms with E-state index < -0.39 is 0 Å². The van der Waals surface area contributed by atoms with Gasteiger partial charge in [-0.15, -0.1) is 0 Å². The highest BCUT2D eigenvalue weighted by molar-refractivity contribution is 5.91. The molecule has 0 saturated carbocycles. The van der Waals surface area contributed by atoms with E-state index in [4.69, 9.17) is 0 Å². The summed E-state index contributed by atoms with van der Waals surface area (Å²) in [6, 6.07) is 11.5. The number of aromatic nitrogens is 2. The Kier molecular flexibility index (Phi) is 6.62. The average molecular weight is 383 g/mol. The fraction of sp³-hybridized carbons (Fsp3) is 0.500. The van der Waals surface area contributed by atoms with Crippen LogP contribution in [0.2, 0.25) is 0 Å². The predicted octanol–water partition coefficient (Wildman–Crippen LogP) is 2.12. The molecule has 28 heavy (non-hydrogen) atoms. The van der Waals surface area contributed by atoms with Crippen molar-refractivity contribution in [2.24, 2.45) is 13.0 Å². The van der Waals surface area contributed by atoms with Crippen molar-refractivity contribution in [1.29, 1.82) is 0 Å². The van der Waals surface area contributed by atoms with Crippen LogP contribution in [0.25, 0.3) is 0 Å². The Labute approximate surface area is 166 Å². The van der Waals surface area contributed by atoms with Crippen molar-refractivity contribution in [3.8, 4) is 0 Å². The Morgan fingerprint density at radius 1 is 1.25 bits per heavy atom. The number of nitrogens with zero attached hydrogens (tertiary/aromatic N) is 4. The van der Waals surface area contributed by atoms with Gasteiger partial charge in [0.2, 0.25) is 0 Å². The molecule has 1 aromatic carbocycles. The van der Waals surface area contributed by atoms with Crippen LogP contribution in [0, 0.1) is 12.8 Å². The maximum Gasteiger partial charge on any atom is 0.274 e. The number of hydrogen-bond acceptors (Lipinski definition) is 4. The number of rotatable bonds is 6. The van der Waals surface area contributed by atoms with E-state index >= 15 is 0 Å². The number of carbonyl (C=O) groups is 1. The van der Waals surface area contributed by atoms with Gasteiger partial charge >= 0.3 is 0 Å². The van der Waals surface area contributed by atoms with Crippen molar-refractivity contribution in [2.75, 3.05) is 33.2 Å². The molecule has 2 heterocycles. The third-order valence-electron chi connectivity index (χ3n) is 5.62. The van der Waals surface area contributed by atoms with E-state index in [1.165, 1.54) is 34.4 Å². The number of likely N-dealkylation sites (tertiary alicyclic amines) is 1. The quantitative estimate of drug-likeness (QED) is 0.768. The summed E-state index contributed by atoms with van der Waals surface area (Å²) in [5, 5.41) is 4.08. The van der Waals surface area contributed by atoms with Crippen LogP contribution in [0.5, 0.6) is 0 Å². The molecule has 1 aliphatic rings. The Morgan fingerprint density at radius 3 is 2.79 bits per heavy atom. The fourth-order valence-electron chi connectivity index (χ4n) is 3.95. The van der Waals surface area contributed by atoms with Gasteiger partial charge in [-0.1, -0.05) is 24.3 Å². The first-order valence-corrected chi connectivity index (χ1v) is 10.0. The molecule has 0 N–H and O–H groups in total. The zero-order valence-electron chi connectivity index (χ0n) is 17.1. The molecule has 0 radical (unpaired) electrons. The van der Waals surface area contributed by atoms with Crippen molar-refractivity contribution < 1.29 is 4.79 Å². The molecule has 0 bridgehead atoms. The molecule has 6 heteroatoms. The highest BCUT2D eigenvalue weighted by Gasteiger charge is 2.23. The maximum atomic E-state index is 12.6. The Bertz CT molecular complexity index is 877. The maximum absolute atomic E-state index is 12.6. The van der Waals surface area contributed by atoms with E-state index in [9.17, 15) is 9.59 Å². The second-order valence-electron chi connectivity index (χ2n) is 7.85. The minimum atomic E-state index is -0.212. The number of aryl methyl sites for hydroxylation is 2. The molecule has 1 atom stereocenters. The lowest BCUT2D eigenvalue weighted by molar-refractivity contribution is 0.0722. The molecule has 3 rings (SSSR count). The minimum Gasteiger partial charge on any atom is -0.340 e. The summed E-state index contributed by atoms with van der Waals surface area (Å²) in [5.74, 6) is 0.333. The van der Waals surface area contributed by atoms with E-state index in [1.807, 2.05) is 7.05 Å². The second kappa shape index (κ2) is 9.15. The molecular formula is C22H30N4O2. The molecule has 1 amide bonds. The molecule has 150 valence electrons. The highest BCUT2D eigenvalue weighted by atomic mass is 16.2. The first-order valence-electron chi connectivity index (χ1n) is 10.0. The van der Waals surface area contributed by atoms with Gasteiger partial charge in [-0.2, -0.15) is 5.10 Å². The highest BCUT2D eigenvalue weighted by Crippen LogP contribution is 2.19. The summed E-state index contributed by atoms with van der Waals surface area (Å²) >= 11 is 0. The first kappa shape index (κ1) is 20.3. The van der Waals surface area contributed by atoms with Crippen molar-refractivity contribution >= 4 is 5.91 Å². The monoisotopic (exact) mass is 382 g/mol. The van der Waals surface area contributed by atoms with Crippen LogP contribution in [0.1, 0.15) is 34.5 Å². The zero-order chi connectivity index (χ0) is 20.1. The van der Waals surface area contributed by atoms with Gasteiger partial charge in [0.05, 0.1) is 0 Å². The van der Waals surface area contributed by atoms with E-state index in [0.717, 1.165) is 32.5 Å². The zero-order valence-corrected chi connectivity index (χ0v) is 17.1.